The molecule has 80 valence electrons. The fourth-order valence-corrected chi connectivity index (χ4v) is 1.05. The molecule has 13 heavy (non-hydrogen) atoms. The first kappa shape index (κ1) is 12.9. The highest BCUT2D eigenvalue weighted by Crippen LogP contribution is 2.05. The molecule has 0 aliphatic rings. The van der Waals surface area contributed by atoms with Crippen LogP contribution in [0.25, 0.3) is 0 Å². The minimum Gasteiger partial charge on any atom is -0.396 e. The molecule has 0 spiro atoms. The molecular formula is C10H22O3. The molecule has 0 heterocycles. The van der Waals surface area contributed by atoms with E-state index in [4.69, 9.17) is 9.84 Å². The highest BCUT2D eigenvalue weighted by molar-refractivity contribution is 4.45. The lowest BCUT2D eigenvalue weighted by Crippen LogP contribution is -2.12. The van der Waals surface area contributed by atoms with E-state index in [1.165, 1.54) is 0 Å². The maximum atomic E-state index is 9.29. The lowest BCUT2D eigenvalue weighted by atomic mass is 10.2. The van der Waals surface area contributed by atoms with Gasteiger partial charge in [-0.3, -0.25) is 0 Å². The first-order valence-electron chi connectivity index (χ1n) is 5.21. The second-order valence-electron chi connectivity index (χ2n) is 3.25. The molecule has 0 aromatic rings. The number of hydrogen-bond donors (Lipinski definition) is 2. The molecule has 0 fully saturated rings. The van der Waals surface area contributed by atoms with Crippen molar-refractivity contribution in [3.8, 4) is 0 Å². The number of hydrogen-bond acceptors (Lipinski definition) is 3. The van der Waals surface area contributed by atoms with Crippen LogP contribution >= 0.6 is 0 Å². The minimum atomic E-state index is -0.606. The molecule has 0 aliphatic heterocycles. The van der Waals surface area contributed by atoms with Gasteiger partial charge in [-0.1, -0.05) is 19.8 Å². The van der Waals surface area contributed by atoms with Crippen LogP contribution in [-0.2, 0) is 4.74 Å². The second kappa shape index (κ2) is 9.96. The van der Waals surface area contributed by atoms with Gasteiger partial charge in [0.05, 0.1) is 0 Å². The quantitative estimate of drug-likeness (QED) is 0.429. The topological polar surface area (TPSA) is 49.7 Å². The first-order chi connectivity index (χ1) is 6.31. The molecule has 2 N–H and O–H groups in total. The van der Waals surface area contributed by atoms with Gasteiger partial charge in [0.25, 0.3) is 0 Å². The molecule has 3 heteroatoms. The van der Waals surface area contributed by atoms with Crippen LogP contribution < -0.4 is 0 Å². The summed E-state index contributed by atoms with van der Waals surface area (Å²) in [4.78, 5) is 0. The average Bonchev–Trinajstić information content (AvgIpc) is 2.13. The van der Waals surface area contributed by atoms with Crippen molar-refractivity contribution < 1.29 is 14.9 Å². The molecule has 0 aliphatic carbocycles. The summed E-state index contributed by atoms with van der Waals surface area (Å²) in [5.74, 6) is 0. The predicted octanol–water partition coefficient (Wildman–Crippen LogP) is 1.67. The van der Waals surface area contributed by atoms with Gasteiger partial charge in [0.15, 0.2) is 6.29 Å². The predicted molar refractivity (Wildman–Crippen MR) is 52.4 cm³/mol. The van der Waals surface area contributed by atoms with Crippen molar-refractivity contribution in [1.29, 1.82) is 0 Å². The van der Waals surface area contributed by atoms with E-state index < -0.39 is 6.29 Å². The Balaban J connectivity index is 3.05. The van der Waals surface area contributed by atoms with Gasteiger partial charge in [-0.05, 0) is 25.7 Å². The van der Waals surface area contributed by atoms with Gasteiger partial charge in [0.1, 0.15) is 0 Å². The highest BCUT2D eigenvalue weighted by Gasteiger charge is 2.02. The summed E-state index contributed by atoms with van der Waals surface area (Å²) in [5, 5.41) is 17.8. The largest absolute Gasteiger partial charge is 0.396 e. The number of rotatable bonds is 9. The fraction of sp³-hybridized carbons (Fsp3) is 1.00. The number of unbranched alkanes of at least 4 members (excludes halogenated alkanes) is 3. The van der Waals surface area contributed by atoms with E-state index in [-0.39, 0.29) is 6.61 Å². The number of aliphatic hydroxyl groups is 2. The Hall–Kier alpha value is -0.120. The van der Waals surface area contributed by atoms with Gasteiger partial charge >= 0.3 is 0 Å². The Kier molecular flexibility index (Phi) is 9.87. The van der Waals surface area contributed by atoms with Gasteiger partial charge in [0.2, 0.25) is 0 Å². The zero-order valence-electron chi connectivity index (χ0n) is 8.54. The molecule has 3 nitrogen and oxygen atoms in total. The average molecular weight is 190 g/mol. The van der Waals surface area contributed by atoms with Crippen molar-refractivity contribution in [1.82, 2.24) is 0 Å². The van der Waals surface area contributed by atoms with Crippen LogP contribution in [0.5, 0.6) is 0 Å². The first-order valence-corrected chi connectivity index (χ1v) is 5.21. The van der Waals surface area contributed by atoms with E-state index in [0.717, 1.165) is 32.1 Å². The van der Waals surface area contributed by atoms with Crippen LogP contribution in [0.4, 0.5) is 0 Å². The highest BCUT2D eigenvalue weighted by atomic mass is 16.6. The van der Waals surface area contributed by atoms with Crippen LogP contribution in [0.15, 0.2) is 0 Å². The maximum absolute atomic E-state index is 9.29. The van der Waals surface area contributed by atoms with Crippen molar-refractivity contribution in [2.45, 2.75) is 51.7 Å². The smallest absolute Gasteiger partial charge is 0.154 e. The van der Waals surface area contributed by atoms with E-state index in [9.17, 15) is 5.11 Å². The monoisotopic (exact) mass is 190 g/mol. The molecule has 1 unspecified atom stereocenters. The van der Waals surface area contributed by atoms with E-state index in [1.54, 1.807) is 0 Å². The summed E-state index contributed by atoms with van der Waals surface area (Å²) in [6.45, 7) is 2.99. The van der Waals surface area contributed by atoms with Crippen molar-refractivity contribution in [2.24, 2.45) is 0 Å². The minimum absolute atomic E-state index is 0.243. The molecule has 0 aromatic carbocycles. The summed E-state index contributed by atoms with van der Waals surface area (Å²) >= 11 is 0. The molecule has 0 saturated heterocycles. The molecule has 0 aromatic heterocycles. The van der Waals surface area contributed by atoms with Crippen molar-refractivity contribution in [3.05, 3.63) is 0 Å². The Labute approximate surface area is 80.7 Å². The van der Waals surface area contributed by atoms with Crippen LogP contribution in [0.3, 0.4) is 0 Å². The summed E-state index contributed by atoms with van der Waals surface area (Å²) in [5.41, 5.74) is 0. The van der Waals surface area contributed by atoms with Gasteiger partial charge in [-0.15, -0.1) is 0 Å². The SMILES string of the molecule is CCCCOC(O)CCCCCO. The summed E-state index contributed by atoms with van der Waals surface area (Å²) in [7, 11) is 0. The normalized spacial score (nSPS) is 13.2. The van der Waals surface area contributed by atoms with E-state index in [0.29, 0.717) is 13.0 Å². The van der Waals surface area contributed by atoms with Gasteiger partial charge in [-0.25, -0.2) is 0 Å². The van der Waals surface area contributed by atoms with Crippen LogP contribution in [0, 0.1) is 0 Å². The molecular weight excluding hydrogens is 168 g/mol. The van der Waals surface area contributed by atoms with Gasteiger partial charge in [-0.2, -0.15) is 0 Å². The molecule has 0 amide bonds. The summed E-state index contributed by atoms with van der Waals surface area (Å²) in [6.07, 6.45) is 4.89. The van der Waals surface area contributed by atoms with Gasteiger partial charge in [0, 0.05) is 13.2 Å². The lowest BCUT2D eigenvalue weighted by Gasteiger charge is -2.10. The van der Waals surface area contributed by atoms with Crippen LogP contribution in [0.2, 0.25) is 0 Å². The standard InChI is InChI=1S/C10H22O3/c1-2-3-9-13-10(12)7-5-4-6-8-11/h10-12H,2-9H2,1H3. The van der Waals surface area contributed by atoms with Crippen molar-refractivity contribution in [2.75, 3.05) is 13.2 Å². The molecule has 0 radical (unpaired) electrons. The zero-order chi connectivity index (χ0) is 9.94. The molecule has 1 atom stereocenters. The van der Waals surface area contributed by atoms with Crippen molar-refractivity contribution in [3.63, 3.8) is 0 Å². The second-order valence-corrected chi connectivity index (χ2v) is 3.25. The third-order valence-corrected chi connectivity index (χ3v) is 1.92. The Morgan fingerprint density at radius 1 is 1.15 bits per heavy atom. The van der Waals surface area contributed by atoms with E-state index in [1.807, 2.05) is 0 Å². The van der Waals surface area contributed by atoms with Crippen molar-refractivity contribution >= 4 is 0 Å². The molecule has 0 bridgehead atoms. The lowest BCUT2D eigenvalue weighted by molar-refractivity contribution is -0.104. The summed E-state index contributed by atoms with van der Waals surface area (Å²) in [6, 6.07) is 0. The van der Waals surface area contributed by atoms with Gasteiger partial charge < -0.3 is 14.9 Å². The molecule has 0 rings (SSSR count). The number of aliphatic hydroxyl groups excluding tert-OH is 2. The number of ether oxygens (including phenoxy) is 1. The van der Waals surface area contributed by atoms with E-state index in [2.05, 4.69) is 6.92 Å². The van der Waals surface area contributed by atoms with E-state index >= 15 is 0 Å². The summed E-state index contributed by atoms with van der Waals surface area (Å²) < 4.78 is 5.16. The Morgan fingerprint density at radius 2 is 1.92 bits per heavy atom. The fourth-order valence-electron chi connectivity index (χ4n) is 1.05. The van der Waals surface area contributed by atoms with Crippen LogP contribution in [0.1, 0.15) is 45.4 Å². The third kappa shape index (κ3) is 9.80. The third-order valence-electron chi connectivity index (χ3n) is 1.92. The Bertz CT molecular complexity index is 96.2. The zero-order valence-corrected chi connectivity index (χ0v) is 8.54. The Morgan fingerprint density at radius 3 is 2.54 bits per heavy atom. The maximum Gasteiger partial charge on any atom is 0.154 e. The van der Waals surface area contributed by atoms with Crippen LogP contribution in [-0.4, -0.2) is 29.7 Å². The molecule has 0 saturated carbocycles.